The van der Waals surface area contributed by atoms with E-state index in [1.165, 1.54) is 49.7 Å². The molecule has 4 bridgehead atoms. The lowest BCUT2D eigenvalue weighted by Crippen LogP contribution is -2.61. The summed E-state index contributed by atoms with van der Waals surface area (Å²) in [6.07, 6.45) is 7.28. The first-order valence-corrected chi connectivity index (χ1v) is 9.48. The topological polar surface area (TPSA) is 38.3 Å². The Kier molecular flexibility index (Phi) is 3.85. The number of nitrogens with one attached hydrogen (secondary N) is 1. The Morgan fingerprint density at radius 3 is 2.21 bits per heavy atom. The molecular weight excluding hydrogens is 298 g/mol. The Morgan fingerprint density at radius 1 is 1.08 bits per heavy atom. The van der Waals surface area contributed by atoms with Crippen LogP contribution in [0.15, 0.2) is 18.2 Å². The van der Waals surface area contributed by atoms with Crippen molar-refractivity contribution in [3.05, 3.63) is 29.3 Å². The first kappa shape index (κ1) is 16.0. The predicted molar refractivity (Wildman–Crippen MR) is 95.1 cm³/mol. The van der Waals surface area contributed by atoms with E-state index in [-0.39, 0.29) is 11.4 Å². The zero-order chi connectivity index (χ0) is 16.9. The lowest BCUT2D eigenvalue weighted by atomic mass is 9.53. The van der Waals surface area contributed by atoms with Gasteiger partial charge in [-0.25, -0.2) is 0 Å². The second-order valence-electron chi connectivity index (χ2n) is 8.69. The second kappa shape index (κ2) is 5.79. The normalized spacial score (nSPS) is 34.9. The fraction of sp³-hybridized carbons (Fsp3) is 0.667. The molecule has 1 amide bonds. The Balaban J connectivity index is 1.41. The standard InChI is InChI=1S/C21H29NO2/c1-13-4-5-19(6-14(13)2)24-15(3)20(23)22-21-10-16-7-17(11-21)9-18(8-16)12-21/h4-6,15-18H,7-12H2,1-3H3,(H,22,23)/t15-,16?,17?,18?,21?/m1/s1. The van der Waals surface area contributed by atoms with Crippen molar-refractivity contribution in [3.63, 3.8) is 0 Å². The third-order valence-corrected chi connectivity index (χ3v) is 6.59. The van der Waals surface area contributed by atoms with E-state index in [1.807, 2.05) is 25.1 Å². The van der Waals surface area contributed by atoms with Crippen LogP contribution in [-0.4, -0.2) is 17.6 Å². The van der Waals surface area contributed by atoms with Crippen molar-refractivity contribution in [2.45, 2.75) is 70.9 Å². The lowest BCUT2D eigenvalue weighted by Gasteiger charge is -2.57. The van der Waals surface area contributed by atoms with E-state index < -0.39 is 6.10 Å². The Hall–Kier alpha value is -1.51. The summed E-state index contributed by atoms with van der Waals surface area (Å²) in [6.45, 7) is 6.02. The van der Waals surface area contributed by atoms with Crippen molar-refractivity contribution >= 4 is 5.91 Å². The highest BCUT2D eigenvalue weighted by atomic mass is 16.5. The molecule has 3 nitrogen and oxygen atoms in total. The summed E-state index contributed by atoms with van der Waals surface area (Å²) >= 11 is 0. The van der Waals surface area contributed by atoms with Gasteiger partial charge in [-0.1, -0.05) is 6.07 Å². The van der Waals surface area contributed by atoms with Crippen LogP contribution in [0.5, 0.6) is 5.75 Å². The smallest absolute Gasteiger partial charge is 0.261 e. The fourth-order valence-corrected chi connectivity index (χ4v) is 5.67. The molecule has 0 spiro atoms. The van der Waals surface area contributed by atoms with Gasteiger partial charge in [-0.3, -0.25) is 4.79 Å². The number of aryl methyl sites for hydroxylation is 2. The van der Waals surface area contributed by atoms with Gasteiger partial charge in [0, 0.05) is 5.54 Å². The van der Waals surface area contributed by atoms with Crippen molar-refractivity contribution < 1.29 is 9.53 Å². The predicted octanol–water partition coefficient (Wildman–Crippen LogP) is 4.16. The van der Waals surface area contributed by atoms with Crippen LogP contribution in [0.1, 0.15) is 56.6 Å². The maximum atomic E-state index is 12.7. The van der Waals surface area contributed by atoms with Crippen molar-refractivity contribution in [1.82, 2.24) is 5.32 Å². The molecule has 0 aromatic heterocycles. The first-order valence-electron chi connectivity index (χ1n) is 9.48. The van der Waals surface area contributed by atoms with E-state index in [0.29, 0.717) is 0 Å². The van der Waals surface area contributed by atoms with Gasteiger partial charge in [-0.15, -0.1) is 0 Å². The summed E-state index contributed by atoms with van der Waals surface area (Å²) < 4.78 is 5.91. The highest BCUT2D eigenvalue weighted by Gasteiger charge is 2.51. The highest BCUT2D eigenvalue weighted by molar-refractivity contribution is 5.81. The van der Waals surface area contributed by atoms with Crippen molar-refractivity contribution in [2.24, 2.45) is 17.8 Å². The largest absolute Gasteiger partial charge is 0.481 e. The number of hydrogen-bond acceptors (Lipinski definition) is 2. The van der Waals surface area contributed by atoms with Crippen LogP contribution in [0.3, 0.4) is 0 Å². The number of benzene rings is 1. The number of rotatable bonds is 4. The van der Waals surface area contributed by atoms with Gasteiger partial charge >= 0.3 is 0 Å². The van der Waals surface area contributed by atoms with E-state index in [2.05, 4.69) is 19.2 Å². The van der Waals surface area contributed by atoms with Gasteiger partial charge in [0.1, 0.15) is 5.75 Å². The monoisotopic (exact) mass is 327 g/mol. The summed E-state index contributed by atoms with van der Waals surface area (Å²) in [5.74, 6) is 3.36. The van der Waals surface area contributed by atoms with E-state index in [1.54, 1.807) is 0 Å². The SMILES string of the molecule is Cc1ccc(O[C@H](C)C(=O)NC23CC4CC(CC(C4)C2)C3)cc1C. The number of hydrogen-bond donors (Lipinski definition) is 1. The van der Waals surface area contributed by atoms with Crippen LogP contribution in [0.2, 0.25) is 0 Å². The van der Waals surface area contributed by atoms with Gasteiger partial charge in [-0.2, -0.15) is 0 Å². The van der Waals surface area contributed by atoms with Crippen LogP contribution in [0, 0.1) is 31.6 Å². The van der Waals surface area contributed by atoms with Crippen molar-refractivity contribution in [2.75, 3.05) is 0 Å². The Bertz CT molecular complexity index is 616. The molecule has 5 rings (SSSR count). The lowest BCUT2D eigenvalue weighted by molar-refractivity contribution is -0.133. The number of amides is 1. The number of carbonyl (C=O) groups is 1. The molecule has 3 heteroatoms. The van der Waals surface area contributed by atoms with Crippen LogP contribution >= 0.6 is 0 Å². The van der Waals surface area contributed by atoms with E-state index >= 15 is 0 Å². The van der Waals surface area contributed by atoms with Gasteiger partial charge in [0.15, 0.2) is 6.10 Å². The number of ether oxygens (including phenoxy) is 1. The Morgan fingerprint density at radius 2 is 1.67 bits per heavy atom. The van der Waals surface area contributed by atoms with Crippen LogP contribution in [0.25, 0.3) is 0 Å². The summed E-state index contributed by atoms with van der Waals surface area (Å²) in [6, 6.07) is 6.02. The summed E-state index contributed by atoms with van der Waals surface area (Å²) in [4.78, 5) is 12.7. The minimum Gasteiger partial charge on any atom is -0.481 e. The van der Waals surface area contributed by atoms with E-state index in [9.17, 15) is 4.79 Å². The quantitative estimate of drug-likeness (QED) is 0.902. The van der Waals surface area contributed by atoms with E-state index in [4.69, 9.17) is 4.74 Å². The minimum atomic E-state index is -0.444. The molecule has 4 aliphatic rings. The molecule has 0 saturated heterocycles. The molecule has 4 fully saturated rings. The average Bonchev–Trinajstić information content (AvgIpc) is 2.49. The molecule has 0 radical (unpaired) electrons. The maximum Gasteiger partial charge on any atom is 0.261 e. The zero-order valence-electron chi connectivity index (χ0n) is 15.1. The van der Waals surface area contributed by atoms with Gasteiger partial charge in [0.2, 0.25) is 0 Å². The van der Waals surface area contributed by atoms with E-state index in [0.717, 1.165) is 23.5 Å². The third-order valence-electron chi connectivity index (χ3n) is 6.59. The summed E-state index contributed by atoms with van der Waals surface area (Å²) in [5, 5.41) is 3.41. The highest BCUT2D eigenvalue weighted by Crippen LogP contribution is 2.55. The molecule has 0 aliphatic heterocycles. The Labute approximate surface area is 145 Å². The number of carbonyl (C=O) groups excluding carboxylic acids is 1. The second-order valence-corrected chi connectivity index (χ2v) is 8.69. The summed E-state index contributed by atoms with van der Waals surface area (Å²) in [5.41, 5.74) is 2.50. The van der Waals surface area contributed by atoms with Crippen molar-refractivity contribution in [3.8, 4) is 5.75 Å². The molecule has 4 saturated carbocycles. The summed E-state index contributed by atoms with van der Waals surface area (Å²) in [7, 11) is 0. The molecule has 1 N–H and O–H groups in total. The minimum absolute atomic E-state index is 0.0511. The van der Waals surface area contributed by atoms with Crippen LogP contribution < -0.4 is 10.1 Å². The maximum absolute atomic E-state index is 12.7. The van der Waals surface area contributed by atoms with Crippen molar-refractivity contribution in [1.29, 1.82) is 0 Å². The third kappa shape index (κ3) is 2.94. The molecule has 1 aromatic carbocycles. The zero-order valence-corrected chi connectivity index (χ0v) is 15.1. The molecule has 24 heavy (non-hydrogen) atoms. The fourth-order valence-electron chi connectivity index (χ4n) is 5.67. The molecule has 0 unspecified atom stereocenters. The molecule has 1 atom stereocenters. The average molecular weight is 327 g/mol. The molecular formula is C21H29NO2. The molecule has 0 heterocycles. The molecule has 4 aliphatic carbocycles. The van der Waals surface area contributed by atoms with Crippen LogP contribution in [0.4, 0.5) is 0 Å². The van der Waals surface area contributed by atoms with Gasteiger partial charge in [-0.05, 0) is 100 Å². The molecule has 1 aromatic rings. The van der Waals surface area contributed by atoms with Gasteiger partial charge in [0.05, 0.1) is 0 Å². The van der Waals surface area contributed by atoms with Gasteiger partial charge in [0.25, 0.3) is 5.91 Å². The van der Waals surface area contributed by atoms with Crippen LogP contribution in [-0.2, 0) is 4.79 Å². The van der Waals surface area contributed by atoms with Gasteiger partial charge < -0.3 is 10.1 Å². The first-order chi connectivity index (χ1) is 11.4. The molecule has 130 valence electrons.